The minimum atomic E-state index is -0.0746. The molecule has 1 aromatic heterocycles. The third kappa shape index (κ3) is 3.80. The van der Waals surface area contributed by atoms with Gasteiger partial charge >= 0.3 is 0 Å². The van der Waals surface area contributed by atoms with Crippen LogP contribution in [0, 0.1) is 0 Å². The zero-order chi connectivity index (χ0) is 21.2. The van der Waals surface area contributed by atoms with E-state index in [-0.39, 0.29) is 5.91 Å². The van der Waals surface area contributed by atoms with Crippen LogP contribution in [0.3, 0.4) is 0 Å². The zero-order valence-electron chi connectivity index (χ0n) is 17.2. The molecule has 1 aliphatic rings. The lowest BCUT2D eigenvalue weighted by atomic mass is 10.1. The zero-order valence-corrected chi connectivity index (χ0v) is 17.2. The van der Waals surface area contributed by atoms with Crippen LogP contribution in [0.25, 0.3) is 11.0 Å². The number of para-hydroxylation sites is 3. The molecule has 0 saturated heterocycles. The number of hydrogen-bond donors (Lipinski definition) is 0. The largest absolute Gasteiger partial charge is 0.489 e. The Morgan fingerprint density at radius 1 is 0.839 bits per heavy atom. The SMILES string of the molecule is CN1CCN(C(=O)c2ccc(COc3ccccc3)cc2)c2nc3ccccc3nc21. The molecule has 1 aliphatic heterocycles. The molecule has 0 spiro atoms. The Labute approximate surface area is 180 Å². The van der Waals surface area contributed by atoms with Crippen molar-refractivity contribution in [2.75, 3.05) is 29.9 Å². The van der Waals surface area contributed by atoms with Crippen molar-refractivity contribution in [3.8, 4) is 5.75 Å². The first kappa shape index (κ1) is 19.1. The summed E-state index contributed by atoms with van der Waals surface area (Å²) in [7, 11) is 1.98. The third-order valence-electron chi connectivity index (χ3n) is 5.41. The van der Waals surface area contributed by atoms with Gasteiger partial charge in [0.25, 0.3) is 5.91 Å². The maximum absolute atomic E-state index is 13.3. The molecule has 0 N–H and O–H groups in total. The fourth-order valence-corrected chi connectivity index (χ4v) is 3.66. The molecule has 0 unspecified atom stereocenters. The number of fused-ring (bicyclic) bond motifs is 2. The number of anilines is 2. The lowest BCUT2D eigenvalue weighted by molar-refractivity contribution is 0.0986. The van der Waals surface area contributed by atoms with Crippen LogP contribution < -0.4 is 14.5 Å². The van der Waals surface area contributed by atoms with Crippen LogP contribution in [-0.2, 0) is 6.61 Å². The van der Waals surface area contributed by atoms with Gasteiger partial charge < -0.3 is 9.64 Å². The predicted molar refractivity (Wildman–Crippen MR) is 122 cm³/mol. The van der Waals surface area contributed by atoms with E-state index in [0.717, 1.165) is 28.2 Å². The number of hydrogen-bond acceptors (Lipinski definition) is 5. The van der Waals surface area contributed by atoms with Crippen LogP contribution in [0.5, 0.6) is 5.75 Å². The van der Waals surface area contributed by atoms with Gasteiger partial charge in [-0.3, -0.25) is 9.69 Å². The molecule has 154 valence electrons. The van der Waals surface area contributed by atoms with E-state index in [1.165, 1.54) is 0 Å². The van der Waals surface area contributed by atoms with Crippen LogP contribution in [0.1, 0.15) is 15.9 Å². The van der Waals surface area contributed by atoms with Crippen LogP contribution in [-0.4, -0.2) is 36.0 Å². The lowest BCUT2D eigenvalue weighted by Gasteiger charge is -2.33. The van der Waals surface area contributed by atoms with Crippen LogP contribution in [0.15, 0.2) is 78.9 Å². The van der Waals surface area contributed by atoms with Gasteiger partial charge in [0.05, 0.1) is 11.0 Å². The number of nitrogens with zero attached hydrogens (tertiary/aromatic N) is 4. The van der Waals surface area contributed by atoms with Crippen molar-refractivity contribution in [1.29, 1.82) is 0 Å². The van der Waals surface area contributed by atoms with E-state index in [1.54, 1.807) is 4.90 Å². The number of carbonyl (C=O) groups is 1. The molecule has 0 aliphatic carbocycles. The Balaban J connectivity index is 1.38. The summed E-state index contributed by atoms with van der Waals surface area (Å²) < 4.78 is 5.79. The van der Waals surface area contributed by atoms with Gasteiger partial charge in [0.2, 0.25) is 0 Å². The van der Waals surface area contributed by atoms with E-state index < -0.39 is 0 Å². The van der Waals surface area contributed by atoms with Gasteiger partial charge in [-0.1, -0.05) is 42.5 Å². The maximum atomic E-state index is 13.3. The maximum Gasteiger partial charge on any atom is 0.259 e. The summed E-state index contributed by atoms with van der Waals surface area (Å²) in [6, 6.07) is 25.0. The molecule has 0 fully saturated rings. The Bertz CT molecular complexity index is 1230. The highest BCUT2D eigenvalue weighted by Crippen LogP contribution is 2.31. The molecule has 1 amide bonds. The topological polar surface area (TPSA) is 58.6 Å². The average Bonchev–Trinajstić information content (AvgIpc) is 2.83. The second-order valence-electron chi connectivity index (χ2n) is 7.54. The number of rotatable bonds is 4. The van der Waals surface area contributed by atoms with Gasteiger partial charge in [-0.2, -0.15) is 0 Å². The van der Waals surface area contributed by atoms with E-state index in [9.17, 15) is 4.79 Å². The summed E-state index contributed by atoms with van der Waals surface area (Å²) >= 11 is 0. The molecule has 4 aromatic rings. The smallest absolute Gasteiger partial charge is 0.259 e. The van der Waals surface area contributed by atoms with E-state index in [4.69, 9.17) is 14.7 Å². The van der Waals surface area contributed by atoms with Crippen molar-refractivity contribution >= 4 is 28.6 Å². The predicted octanol–water partition coefficient (Wildman–Crippen LogP) is 4.31. The second-order valence-corrected chi connectivity index (χ2v) is 7.54. The number of aromatic nitrogens is 2. The Kier molecular flexibility index (Phi) is 4.96. The van der Waals surface area contributed by atoms with E-state index in [1.807, 2.05) is 90.8 Å². The first-order valence-electron chi connectivity index (χ1n) is 10.3. The number of carbonyl (C=O) groups excluding carboxylic acids is 1. The Morgan fingerprint density at radius 3 is 2.19 bits per heavy atom. The fourth-order valence-electron chi connectivity index (χ4n) is 3.66. The van der Waals surface area contributed by atoms with Gasteiger partial charge in [0.15, 0.2) is 11.6 Å². The van der Waals surface area contributed by atoms with Crippen molar-refractivity contribution in [3.63, 3.8) is 0 Å². The van der Waals surface area contributed by atoms with E-state index in [0.29, 0.717) is 31.1 Å². The molecule has 5 rings (SSSR count). The lowest BCUT2D eigenvalue weighted by Crippen LogP contribution is -2.43. The first-order chi connectivity index (χ1) is 15.2. The van der Waals surface area contributed by atoms with E-state index >= 15 is 0 Å². The third-order valence-corrected chi connectivity index (χ3v) is 5.41. The van der Waals surface area contributed by atoms with Gasteiger partial charge in [-0.05, 0) is 42.0 Å². The average molecular weight is 410 g/mol. The molecule has 0 radical (unpaired) electrons. The van der Waals surface area contributed by atoms with Crippen molar-refractivity contribution in [1.82, 2.24) is 9.97 Å². The first-order valence-corrected chi connectivity index (χ1v) is 10.3. The molecule has 6 nitrogen and oxygen atoms in total. The van der Waals surface area contributed by atoms with Gasteiger partial charge in [-0.25, -0.2) is 9.97 Å². The summed E-state index contributed by atoms with van der Waals surface area (Å²) in [5.41, 5.74) is 3.23. The van der Waals surface area contributed by atoms with E-state index in [2.05, 4.69) is 0 Å². The van der Waals surface area contributed by atoms with Crippen LogP contribution in [0.4, 0.5) is 11.6 Å². The molecule has 31 heavy (non-hydrogen) atoms. The summed E-state index contributed by atoms with van der Waals surface area (Å²) in [6.07, 6.45) is 0. The molecule has 6 heteroatoms. The molecular weight excluding hydrogens is 388 g/mol. The second kappa shape index (κ2) is 8.07. The Hall–Kier alpha value is -3.93. The molecular formula is C25H22N4O2. The fraction of sp³-hybridized carbons (Fsp3) is 0.160. The highest BCUT2D eigenvalue weighted by Gasteiger charge is 2.29. The summed E-state index contributed by atoms with van der Waals surface area (Å²) in [5.74, 6) is 2.08. The molecule has 3 aromatic carbocycles. The molecule has 0 atom stereocenters. The standard InChI is InChI=1S/C25H22N4O2/c1-28-15-16-29(24-23(28)26-21-9-5-6-10-22(21)27-24)25(30)19-13-11-18(12-14-19)17-31-20-7-3-2-4-8-20/h2-14H,15-17H2,1H3. The highest BCUT2D eigenvalue weighted by molar-refractivity contribution is 6.07. The van der Waals surface area contributed by atoms with Gasteiger partial charge in [-0.15, -0.1) is 0 Å². The van der Waals surface area contributed by atoms with Crippen molar-refractivity contribution in [2.45, 2.75) is 6.61 Å². The van der Waals surface area contributed by atoms with Gasteiger partial charge in [0, 0.05) is 25.7 Å². The molecule has 2 heterocycles. The molecule has 0 bridgehead atoms. The minimum Gasteiger partial charge on any atom is -0.489 e. The Morgan fingerprint density at radius 2 is 1.48 bits per heavy atom. The molecule has 0 saturated carbocycles. The highest BCUT2D eigenvalue weighted by atomic mass is 16.5. The summed E-state index contributed by atoms with van der Waals surface area (Å²) in [6.45, 7) is 1.72. The van der Waals surface area contributed by atoms with Crippen molar-refractivity contribution < 1.29 is 9.53 Å². The summed E-state index contributed by atoms with van der Waals surface area (Å²) in [5, 5.41) is 0. The van der Waals surface area contributed by atoms with Gasteiger partial charge in [0.1, 0.15) is 12.4 Å². The van der Waals surface area contributed by atoms with Crippen LogP contribution in [0.2, 0.25) is 0 Å². The number of likely N-dealkylation sites (N-methyl/N-ethyl adjacent to an activating group) is 1. The van der Waals surface area contributed by atoms with Crippen molar-refractivity contribution in [3.05, 3.63) is 90.0 Å². The quantitative estimate of drug-likeness (QED) is 0.502. The number of ether oxygens (including phenoxy) is 1. The monoisotopic (exact) mass is 410 g/mol. The normalized spacial score (nSPS) is 13.2. The van der Waals surface area contributed by atoms with Crippen molar-refractivity contribution in [2.24, 2.45) is 0 Å². The van der Waals surface area contributed by atoms with Crippen LogP contribution >= 0.6 is 0 Å². The number of benzene rings is 3. The number of amides is 1. The summed E-state index contributed by atoms with van der Waals surface area (Å²) in [4.78, 5) is 26.6. The minimum absolute atomic E-state index is 0.0746.